The van der Waals surface area contributed by atoms with Crippen molar-refractivity contribution in [2.75, 3.05) is 31.3 Å². The summed E-state index contributed by atoms with van der Waals surface area (Å²) >= 11 is 0. The van der Waals surface area contributed by atoms with Gasteiger partial charge in [0.05, 0.1) is 11.4 Å². The molecule has 17 heavy (non-hydrogen) atoms. The average Bonchev–Trinajstić information content (AvgIpc) is 2.28. The third-order valence-electron chi connectivity index (χ3n) is 2.33. The topological polar surface area (TPSA) is 58.4 Å². The third kappa shape index (κ3) is 3.42. The maximum absolute atomic E-state index is 11.7. The highest BCUT2D eigenvalue weighted by Gasteiger charge is 2.08. The van der Waals surface area contributed by atoms with Gasteiger partial charge in [-0.15, -0.1) is 12.3 Å². The van der Waals surface area contributed by atoms with Gasteiger partial charge in [0, 0.05) is 32.6 Å². The predicted octanol–water partition coefficient (Wildman–Crippen LogP) is 1.09. The molecule has 0 radical (unpaired) electrons. The summed E-state index contributed by atoms with van der Waals surface area (Å²) in [5.74, 6) is 2.31. The number of terminal acetylenes is 1. The maximum atomic E-state index is 11.7. The summed E-state index contributed by atoms with van der Waals surface area (Å²) in [7, 11) is 3.80. The molecular weight excluding hydrogens is 214 g/mol. The molecule has 0 heterocycles. The van der Waals surface area contributed by atoms with Crippen LogP contribution in [0.1, 0.15) is 16.8 Å². The number of nitrogen functional groups attached to an aromatic ring is 1. The number of hydrogen-bond acceptors (Lipinski definition) is 3. The van der Waals surface area contributed by atoms with E-state index in [1.165, 1.54) is 0 Å². The number of amides is 1. The van der Waals surface area contributed by atoms with Crippen LogP contribution in [-0.4, -0.2) is 26.5 Å². The van der Waals surface area contributed by atoms with Gasteiger partial charge in [-0.2, -0.15) is 0 Å². The van der Waals surface area contributed by atoms with Crippen molar-refractivity contribution in [3.8, 4) is 12.3 Å². The van der Waals surface area contributed by atoms with E-state index in [0.29, 0.717) is 24.2 Å². The molecule has 0 aliphatic carbocycles. The Morgan fingerprint density at radius 2 is 2.24 bits per heavy atom. The molecular formula is C13H17N3O. The second-order valence-corrected chi connectivity index (χ2v) is 3.88. The van der Waals surface area contributed by atoms with Crippen LogP contribution in [0.5, 0.6) is 0 Å². The SMILES string of the molecule is C#CCCNC(=O)c1ccc(N(C)C)c(N)c1. The van der Waals surface area contributed by atoms with Gasteiger partial charge < -0.3 is 16.0 Å². The summed E-state index contributed by atoms with van der Waals surface area (Å²) in [6, 6.07) is 5.24. The average molecular weight is 231 g/mol. The molecule has 4 heteroatoms. The first-order chi connectivity index (χ1) is 8.06. The van der Waals surface area contributed by atoms with E-state index >= 15 is 0 Å². The van der Waals surface area contributed by atoms with Crippen molar-refractivity contribution in [3.63, 3.8) is 0 Å². The molecule has 4 nitrogen and oxygen atoms in total. The van der Waals surface area contributed by atoms with Gasteiger partial charge in [-0.05, 0) is 18.2 Å². The molecule has 1 amide bonds. The highest BCUT2D eigenvalue weighted by atomic mass is 16.1. The Labute approximate surface area is 102 Å². The van der Waals surface area contributed by atoms with Gasteiger partial charge in [0.2, 0.25) is 0 Å². The number of carbonyl (C=O) groups excluding carboxylic acids is 1. The van der Waals surface area contributed by atoms with Crippen LogP contribution in [0, 0.1) is 12.3 Å². The molecule has 0 saturated heterocycles. The van der Waals surface area contributed by atoms with Crippen LogP contribution in [-0.2, 0) is 0 Å². The van der Waals surface area contributed by atoms with Crippen LogP contribution < -0.4 is 16.0 Å². The molecule has 0 bridgehead atoms. The van der Waals surface area contributed by atoms with Gasteiger partial charge in [0.25, 0.3) is 5.91 Å². The van der Waals surface area contributed by atoms with Crippen molar-refractivity contribution in [1.82, 2.24) is 5.32 Å². The quantitative estimate of drug-likeness (QED) is 0.463. The number of benzene rings is 1. The zero-order valence-corrected chi connectivity index (χ0v) is 10.2. The highest BCUT2D eigenvalue weighted by molar-refractivity contribution is 5.96. The zero-order valence-electron chi connectivity index (χ0n) is 10.2. The van der Waals surface area contributed by atoms with Crippen molar-refractivity contribution in [2.45, 2.75) is 6.42 Å². The van der Waals surface area contributed by atoms with Crippen LogP contribution in [0.3, 0.4) is 0 Å². The summed E-state index contributed by atoms with van der Waals surface area (Å²) < 4.78 is 0. The Morgan fingerprint density at radius 3 is 2.76 bits per heavy atom. The molecule has 0 atom stereocenters. The van der Waals surface area contributed by atoms with E-state index < -0.39 is 0 Å². The van der Waals surface area contributed by atoms with Crippen molar-refractivity contribution in [2.24, 2.45) is 0 Å². The summed E-state index contributed by atoms with van der Waals surface area (Å²) in [5, 5.41) is 2.73. The van der Waals surface area contributed by atoms with Gasteiger partial charge in [0.1, 0.15) is 0 Å². The molecule has 1 rings (SSSR count). The lowest BCUT2D eigenvalue weighted by molar-refractivity contribution is 0.0954. The Morgan fingerprint density at radius 1 is 1.53 bits per heavy atom. The fourth-order valence-corrected chi connectivity index (χ4v) is 1.45. The van der Waals surface area contributed by atoms with Gasteiger partial charge in [-0.25, -0.2) is 0 Å². The number of nitrogens with one attached hydrogen (secondary N) is 1. The van der Waals surface area contributed by atoms with E-state index in [2.05, 4.69) is 11.2 Å². The van der Waals surface area contributed by atoms with Gasteiger partial charge in [-0.1, -0.05) is 0 Å². The minimum Gasteiger partial charge on any atom is -0.397 e. The number of rotatable bonds is 4. The first-order valence-electron chi connectivity index (χ1n) is 5.34. The zero-order chi connectivity index (χ0) is 12.8. The molecule has 0 spiro atoms. The second kappa shape index (κ2) is 5.80. The first kappa shape index (κ1) is 12.9. The summed E-state index contributed by atoms with van der Waals surface area (Å²) in [4.78, 5) is 13.6. The van der Waals surface area contributed by atoms with Crippen LogP contribution in [0.2, 0.25) is 0 Å². The molecule has 0 saturated carbocycles. The lowest BCUT2D eigenvalue weighted by Gasteiger charge is -2.15. The molecule has 90 valence electrons. The molecule has 1 aromatic rings. The predicted molar refractivity (Wildman–Crippen MR) is 71.0 cm³/mol. The summed E-state index contributed by atoms with van der Waals surface area (Å²) in [6.07, 6.45) is 5.63. The Kier molecular flexibility index (Phi) is 4.41. The molecule has 0 unspecified atom stereocenters. The van der Waals surface area contributed by atoms with Crippen LogP contribution in [0.4, 0.5) is 11.4 Å². The van der Waals surface area contributed by atoms with Crippen molar-refractivity contribution < 1.29 is 4.79 Å². The number of carbonyl (C=O) groups is 1. The molecule has 1 aromatic carbocycles. The van der Waals surface area contributed by atoms with E-state index in [0.717, 1.165) is 5.69 Å². The van der Waals surface area contributed by atoms with Gasteiger partial charge >= 0.3 is 0 Å². The van der Waals surface area contributed by atoms with Crippen molar-refractivity contribution in [1.29, 1.82) is 0 Å². The first-order valence-corrected chi connectivity index (χ1v) is 5.34. The number of hydrogen-bond donors (Lipinski definition) is 2. The standard InChI is InChI=1S/C13H17N3O/c1-4-5-8-15-13(17)10-6-7-12(16(2)3)11(14)9-10/h1,6-7,9H,5,8,14H2,2-3H3,(H,15,17). The summed E-state index contributed by atoms with van der Waals surface area (Å²) in [6.45, 7) is 0.477. The fraction of sp³-hybridized carbons (Fsp3) is 0.308. The Hall–Kier alpha value is -2.15. The molecule has 0 aromatic heterocycles. The molecule has 0 fully saturated rings. The maximum Gasteiger partial charge on any atom is 0.251 e. The summed E-state index contributed by atoms with van der Waals surface area (Å²) in [5.41, 5.74) is 7.88. The largest absolute Gasteiger partial charge is 0.397 e. The minimum atomic E-state index is -0.155. The Balaban J connectivity index is 2.76. The third-order valence-corrected chi connectivity index (χ3v) is 2.33. The minimum absolute atomic E-state index is 0.155. The van der Waals surface area contributed by atoms with E-state index in [4.69, 9.17) is 12.2 Å². The Bertz CT molecular complexity index is 446. The van der Waals surface area contributed by atoms with Crippen LogP contribution in [0.25, 0.3) is 0 Å². The lowest BCUT2D eigenvalue weighted by atomic mass is 10.1. The van der Waals surface area contributed by atoms with E-state index in [1.807, 2.05) is 25.1 Å². The second-order valence-electron chi connectivity index (χ2n) is 3.88. The van der Waals surface area contributed by atoms with Crippen molar-refractivity contribution >= 4 is 17.3 Å². The van der Waals surface area contributed by atoms with E-state index in [-0.39, 0.29) is 5.91 Å². The molecule has 3 N–H and O–H groups in total. The lowest BCUT2D eigenvalue weighted by Crippen LogP contribution is -2.24. The highest BCUT2D eigenvalue weighted by Crippen LogP contribution is 2.22. The molecule has 0 aliphatic heterocycles. The van der Waals surface area contributed by atoms with Crippen LogP contribution in [0.15, 0.2) is 18.2 Å². The fourth-order valence-electron chi connectivity index (χ4n) is 1.45. The number of anilines is 2. The normalized spacial score (nSPS) is 9.47. The monoisotopic (exact) mass is 231 g/mol. The number of nitrogens with zero attached hydrogens (tertiary/aromatic N) is 1. The van der Waals surface area contributed by atoms with Gasteiger partial charge in [-0.3, -0.25) is 4.79 Å². The van der Waals surface area contributed by atoms with E-state index in [9.17, 15) is 4.79 Å². The van der Waals surface area contributed by atoms with Crippen LogP contribution >= 0.6 is 0 Å². The van der Waals surface area contributed by atoms with E-state index in [1.54, 1.807) is 12.1 Å². The smallest absolute Gasteiger partial charge is 0.251 e. The van der Waals surface area contributed by atoms with Crippen molar-refractivity contribution in [3.05, 3.63) is 23.8 Å². The van der Waals surface area contributed by atoms with Gasteiger partial charge in [0.15, 0.2) is 0 Å². The molecule has 0 aliphatic rings. The number of nitrogens with two attached hydrogens (primary N) is 1.